The minimum Gasteiger partial charge on any atom is -0.466 e. The van der Waals surface area contributed by atoms with Gasteiger partial charge in [0, 0.05) is 5.88 Å². The van der Waals surface area contributed by atoms with E-state index in [2.05, 4.69) is 19.9 Å². The lowest BCUT2D eigenvalue weighted by atomic mass is 9.82. The number of allylic oxidation sites excluding steroid dienone is 2. The lowest BCUT2D eigenvalue weighted by Gasteiger charge is -2.34. The molecule has 5 heteroatoms. The van der Waals surface area contributed by atoms with Crippen LogP contribution in [0.4, 0.5) is 0 Å². The molecule has 2 atom stereocenters. The van der Waals surface area contributed by atoms with Gasteiger partial charge in [0.15, 0.2) is 0 Å². The van der Waals surface area contributed by atoms with Crippen LogP contribution in [0.1, 0.15) is 59.4 Å². The van der Waals surface area contributed by atoms with Gasteiger partial charge in [0.2, 0.25) is 0 Å². The lowest BCUT2D eigenvalue weighted by molar-refractivity contribution is -0.157. The Kier molecular flexibility index (Phi) is 12.2. The third-order valence-electron chi connectivity index (χ3n) is 5.21. The molecule has 29 heavy (non-hydrogen) atoms. The van der Waals surface area contributed by atoms with Crippen molar-refractivity contribution in [1.82, 2.24) is 0 Å². The number of alkyl halides is 1. The van der Waals surface area contributed by atoms with E-state index in [9.17, 15) is 4.79 Å². The van der Waals surface area contributed by atoms with Crippen molar-refractivity contribution in [3.63, 3.8) is 0 Å². The summed E-state index contributed by atoms with van der Waals surface area (Å²) in [7, 11) is 0. The highest BCUT2D eigenvalue weighted by Crippen LogP contribution is 2.31. The molecular weight excluding hydrogens is 388 g/mol. The number of hydrogen-bond acceptors (Lipinski definition) is 4. The minimum absolute atomic E-state index is 0.124. The van der Waals surface area contributed by atoms with E-state index in [0.717, 1.165) is 30.4 Å². The summed E-state index contributed by atoms with van der Waals surface area (Å²) in [6, 6.07) is 10.0. The van der Waals surface area contributed by atoms with E-state index in [1.807, 2.05) is 51.1 Å². The molecule has 0 heterocycles. The van der Waals surface area contributed by atoms with E-state index in [1.165, 1.54) is 0 Å². The summed E-state index contributed by atoms with van der Waals surface area (Å²) >= 11 is 5.93. The maximum Gasteiger partial charge on any atom is 0.308 e. The molecule has 1 unspecified atom stereocenters. The van der Waals surface area contributed by atoms with Gasteiger partial charge < -0.3 is 14.2 Å². The first-order valence-electron chi connectivity index (χ1n) is 10.4. The molecule has 1 rings (SSSR count). The second-order valence-electron chi connectivity index (χ2n) is 8.05. The number of halogens is 1. The first-order valence-corrected chi connectivity index (χ1v) is 11.0. The molecule has 0 radical (unpaired) electrons. The van der Waals surface area contributed by atoms with Gasteiger partial charge in [-0.2, -0.15) is 0 Å². The highest BCUT2D eigenvalue weighted by atomic mass is 35.5. The Bertz CT molecular complexity index is 613. The van der Waals surface area contributed by atoms with Gasteiger partial charge in [-0.1, -0.05) is 48.9 Å². The van der Waals surface area contributed by atoms with Crippen molar-refractivity contribution in [3.8, 4) is 0 Å². The monoisotopic (exact) mass is 424 g/mol. The van der Waals surface area contributed by atoms with Crippen LogP contribution in [0.2, 0.25) is 0 Å². The van der Waals surface area contributed by atoms with E-state index < -0.39 is 5.60 Å². The van der Waals surface area contributed by atoms with Crippen LogP contribution >= 0.6 is 11.6 Å². The van der Waals surface area contributed by atoms with E-state index in [0.29, 0.717) is 19.1 Å². The van der Waals surface area contributed by atoms with Crippen LogP contribution in [0.3, 0.4) is 0 Å². The molecule has 1 aromatic rings. The van der Waals surface area contributed by atoms with Gasteiger partial charge >= 0.3 is 5.97 Å². The summed E-state index contributed by atoms with van der Waals surface area (Å²) in [6.45, 7) is 11.1. The van der Waals surface area contributed by atoms with E-state index in [4.69, 9.17) is 25.8 Å². The van der Waals surface area contributed by atoms with Gasteiger partial charge in [0.05, 0.1) is 24.7 Å². The zero-order chi connectivity index (χ0) is 21.7. The molecule has 0 saturated heterocycles. The molecule has 1 aromatic carbocycles. The molecule has 0 aliphatic heterocycles. The Morgan fingerprint density at radius 3 is 2.52 bits per heavy atom. The zero-order valence-electron chi connectivity index (χ0n) is 18.6. The van der Waals surface area contributed by atoms with Crippen molar-refractivity contribution < 1.29 is 19.0 Å². The number of carbonyl (C=O) groups is 1. The third-order valence-corrected chi connectivity index (χ3v) is 5.63. The van der Waals surface area contributed by atoms with Crippen LogP contribution in [0, 0.1) is 11.8 Å². The van der Waals surface area contributed by atoms with Gasteiger partial charge in [-0.05, 0) is 58.4 Å². The van der Waals surface area contributed by atoms with Gasteiger partial charge in [-0.15, -0.1) is 11.6 Å². The maximum absolute atomic E-state index is 12.0. The molecule has 0 aliphatic carbocycles. The SMILES string of the molecule is CCOC(=O)C(C)CC[C@H](C/C=C(\C)CCl)C(C)(C)OCOCc1ccccc1. The molecule has 0 saturated carbocycles. The largest absolute Gasteiger partial charge is 0.466 e. The molecule has 164 valence electrons. The molecule has 0 bridgehead atoms. The molecule has 0 amide bonds. The zero-order valence-corrected chi connectivity index (χ0v) is 19.3. The number of hydrogen-bond donors (Lipinski definition) is 0. The lowest BCUT2D eigenvalue weighted by Crippen LogP contribution is -2.36. The van der Waals surface area contributed by atoms with Gasteiger partial charge in [-0.3, -0.25) is 4.79 Å². The number of ether oxygens (including phenoxy) is 3. The number of benzene rings is 1. The highest BCUT2D eigenvalue weighted by molar-refractivity contribution is 6.19. The quantitative estimate of drug-likeness (QED) is 0.118. The molecule has 0 N–H and O–H groups in total. The van der Waals surface area contributed by atoms with Crippen molar-refractivity contribution >= 4 is 17.6 Å². The van der Waals surface area contributed by atoms with Crippen LogP contribution in [-0.2, 0) is 25.6 Å². The second-order valence-corrected chi connectivity index (χ2v) is 8.31. The van der Waals surface area contributed by atoms with E-state index >= 15 is 0 Å². The summed E-state index contributed by atoms with van der Waals surface area (Å²) < 4.78 is 17.0. The smallest absolute Gasteiger partial charge is 0.308 e. The molecular formula is C24H37ClO4. The van der Waals surface area contributed by atoms with Crippen LogP contribution in [0.5, 0.6) is 0 Å². The second kappa shape index (κ2) is 13.8. The molecule has 0 spiro atoms. The Hall–Kier alpha value is -1.36. The fourth-order valence-electron chi connectivity index (χ4n) is 3.05. The van der Waals surface area contributed by atoms with E-state index in [1.54, 1.807) is 0 Å². The number of carbonyl (C=O) groups excluding carboxylic acids is 1. The summed E-state index contributed by atoms with van der Waals surface area (Å²) in [5.74, 6) is 0.496. The predicted molar refractivity (Wildman–Crippen MR) is 119 cm³/mol. The first kappa shape index (κ1) is 25.7. The van der Waals surface area contributed by atoms with Crippen molar-refractivity contribution in [3.05, 3.63) is 47.5 Å². The molecule has 0 aromatic heterocycles. The van der Waals surface area contributed by atoms with Crippen LogP contribution in [0.25, 0.3) is 0 Å². The van der Waals surface area contributed by atoms with Crippen molar-refractivity contribution in [1.29, 1.82) is 0 Å². The van der Waals surface area contributed by atoms with E-state index in [-0.39, 0.29) is 24.6 Å². The highest BCUT2D eigenvalue weighted by Gasteiger charge is 2.30. The van der Waals surface area contributed by atoms with Gasteiger partial charge in [-0.25, -0.2) is 0 Å². The Balaban J connectivity index is 2.63. The Morgan fingerprint density at radius 1 is 1.21 bits per heavy atom. The Labute approximate surface area is 181 Å². The average Bonchev–Trinajstić information content (AvgIpc) is 2.71. The van der Waals surface area contributed by atoms with Crippen molar-refractivity contribution in [2.45, 2.75) is 66.1 Å². The average molecular weight is 425 g/mol. The summed E-state index contributed by atoms with van der Waals surface area (Å²) in [5, 5.41) is 0. The van der Waals surface area contributed by atoms with Gasteiger partial charge in [0.1, 0.15) is 6.79 Å². The third kappa shape index (κ3) is 10.3. The summed E-state index contributed by atoms with van der Waals surface area (Å²) in [5.41, 5.74) is 1.87. The van der Waals surface area contributed by atoms with Crippen molar-refractivity contribution in [2.75, 3.05) is 19.3 Å². The van der Waals surface area contributed by atoms with Gasteiger partial charge in [0.25, 0.3) is 0 Å². The molecule has 4 nitrogen and oxygen atoms in total. The van der Waals surface area contributed by atoms with Crippen LogP contribution in [-0.4, -0.2) is 30.9 Å². The van der Waals surface area contributed by atoms with Crippen LogP contribution < -0.4 is 0 Å². The predicted octanol–water partition coefficient (Wildman–Crippen LogP) is 6.13. The molecule has 0 fully saturated rings. The first-order chi connectivity index (χ1) is 13.8. The van der Waals surface area contributed by atoms with Crippen molar-refractivity contribution in [2.24, 2.45) is 11.8 Å². The standard InChI is InChI=1S/C24H37ClO4/c1-6-28-23(26)20(3)13-15-22(14-12-19(2)16-25)24(4,5)29-18-27-17-21-10-8-7-9-11-21/h7-12,20,22H,6,13-18H2,1-5H3/b19-12+/t20?,22-/m0/s1. The molecule has 0 aliphatic rings. The topological polar surface area (TPSA) is 44.8 Å². The number of esters is 1. The summed E-state index contributed by atoms with van der Waals surface area (Å²) in [4.78, 5) is 12.0. The fraction of sp³-hybridized carbons (Fsp3) is 0.625. The minimum atomic E-state index is -0.395. The number of rotatable bonds is 14. The van der Waals surface area contributed by atoms with Crippen LogP contribution in [0.15, 0.2) is 42.0 Å². The maximum atomic E-state index is 12.0. The Morgan fingerprint density at radius 2 is 1.90 bits per heavy atom. The summed E-state index contributed by atoms with van der Waals surface area (Å²) in [6.07, 6.45) is 4.63. The fourth-order valence-corrected chi connectivity index (χ4v) is 3.16. The normalized spacial score (nSPS) is 14.5.